The van der Waals surface area contributed by atoms with Crippen LogP contribution in [0.4, 0.5) is 10.1 Å². The van der Waals surface area contributed by atoms with Gasteiger partial charge in [-0.25, -0.2) is 14.2 Å². The van der Waals surface area contributed by atoms with Crippen molar-refractivity contribution in [2.45, 2.75) is 13.5 Å². The molecular weight excluding hydrogens is 453 g/mol. The molecule has 1 N–H and O–H groups in total. The van der Waals surface area contributed by atoms with Gasteiger partial charge in [0.2, 0.25) is 0 Å². The van der Waals surface area contributed by atoms with E-state index in [-0.39, 0.29) is 30.4 Å². The number of aliphatic imine (C=N–C) groups is 1. The molecule has 7 heteroatoms. The number of benzene rings is 3. The topological polar surface area (TPSA) is 68.1 Å². The first-order chi connectivity index (χ1) is 16.6. The van der Waals surface area contributed by atoms with Crippen molar-refractivity contribution in [1.82, 2.24) is 0 Å². The minimum Gasteiger partial charge on any atom is -0.506 e. The minimum atomic E-state index is -0.644. The van der Waals surface area contributed by atoms with E-state index in [2.05, 4.69) is 4.99 Å². The van der Waals surface area contributed by atoms with Crippen LogP contribution in [0, 0.1) is 5.82 Å². The number of carbonyl (C=O) groups excluding carboxylic acids is 1. The number of thioether (sulfide) groups is 1. The molecule has 0 bridgehead atoms. The Hall–Kier alpha value is -3.84. The highest BCUT2D eigenvalue weighted by molar-refractivity contribution is 8.18. The Labute approximate surface area is 201 Å². The van der Waals surface area contributed by atoms with Crippen LogP contribution in [-0.2, 0) is 16.1 Å². The van der Waals surface area contributed by atoms with Gasteiger partial charge in [-0.15, -0.1) is 0 Å². The molecule has 0 spiro atoms. The molecule has 0 aliphatic carbocycles. The van der Waals surface area contributed by atoms with Crippen molar-refractivity contribution in [2.75, 3.05) is 6.61 Å². The zero-order chi connectivity index (χ0) is 23.9. The van der Waals surface area contributed by atoms with Crippen LogP contribution in [0.2, 0.25) is 0 Å². The first-order valence-electron chi connectivity index (χ1n) is 10.7. The highest BCUT2D eigenvalue weighted by Gasteiger charge is 2.33. The van der Waals surface area contributed by atoms with Gasteiger partial charge in [0.05, 0.1) is 17.2 Å². The van der Waals surface area contributed by atoms with Gasteiger partial charge in [0.15, 0.2) is 0 Å². The number of hydrogen-bond donors (Lipinski definition) is 1. The van der Waals surface area contributed by atoms with Crippen molar-refractivity contribution < 1.29 is 23.8 Å². The molecule has 1 aliphatic heterocycles. The molecule has 0 radical (unpaired) electrons. The van der Waals surface area contributed by atoms with E-state index in [4.69, 9.17) is 9.47 Å². The summed E-state index contributed by atoms with van der Waals surface area (Å²) in [6.45, 7) is 1.92. The number of rotatable bonds is 7. The number of aliphatic hydroxyl groups excluding tert-OH is 1. The van der Waals surface area contributed by atoms with Gasteiger partial charge in [0.25, 0.3) is 0 Å². The number of nitrogens with zero attached hydrogens (tertiary/aromatic N) is 1. The first-order valence-corrected chi connectivity index (χ1v) is 11.5. The summed E-state index contributed by atoms with van der Waals surface area (Å²) in [6.07, 6.45) is 1.71. The summed E-state index contributed by atoms with van der Waals surface area (Å²) in [7, 11) is 0. The third kappa shape index (κ3) is 5.38. The van der Waals surface area contributed by atoms with E-state index < -0.39 is 5.97 Å². The predicted molar refractivity (Wildman–Crippen MR) is 133 cm³/mol. The number of halogens is 1. The lowest BCUT2D eigenvalue weighted by Crippen LogP contribution is -2.12. The molecule has 1 aliphatic rings. The van der Waals surface area contributed by atoms with E-state index in [1.807, 2.05) is 36.4 Å². The van der Waals surface area contributed by atoms with E-state index in [0.29, 0.717) is 32.5 Å². The lowest BCUT2D eigenvalue weighted by molar-refractivity contribution is -0.138. The van der Waals surface area contributed by atoms with Crippen molar-refractivity contribution in [3.8, 4) is 5.75 Å². The van der Waals surface area contributed by atoms with Gasteiger partial charge >= 0.3 is 5.97 Å². The van der Waals surface area contributed by atoms with E-state index in [1.165, 1.54) is 17.8 Å². The van der Waals surface area contributed by atoms with Gasteiger partial charge in [0.1, 0.15) is 34.5 Å². The zero-order valence-electron chi connectivity index (χ0n) is 18.4. The van der Waals surface area contributed by atoms with Crippen molar-refractivity contribution >= 4 is 34.5 Å². The van der Waals surface area contributed by atoms with E-state index >= 15 is 0 Å². The summed E-state index contributed by atoms with van der Waals surface area (Å²) in [5, 5.41) is 11.3. The van der Waals surface area contributed by atoms with Crippen molar-refractivity contribution in [1.29, 1.82) is 0 Å². The summed E-state index contributed by atoms with van der Waals surface area (Å²) < 4.78 is 25.0. The van der Waals surface area contributed by atoms with Crippen LogP contribution < -0.4 is 4.74 Å². The smallest absolute Gasteiger partial charge is 0.344 e. The molecule has 1 heterocycles. The minimum absolute atomic E-state index is 0.0201. The molecule has 0 aromatic heterocycles. The predicted octanol–water partition coefficient (Wildman–Crippen LogP) is 6.60. The van der Waals surface area contributed by atoms with Crippen LogP contribution in [0.5, 0.6) is 5.75 Å². The molecule has 0 fully saturated rings. The summed E-state index contributed by atoms with van der Waals surface area (Å²) in [6, 6.07) is 22.8. The van der Waals surface area contributed by atoms with Crippen LogP contribution in [0.1, 0.15) is 18.1 Å². The van der Waals surface area contributed by atoms with Gasteiger partial charge in [-0.2, -0.15) is 0 Å². The fraction of sp³-hybridized carbons (Fsp3) is 0.111. The molecule has 34 heavy (non-hydrogen) atoms. The van der Waals surface area contributed by atoms with Crippen molar-refractivity contribution in [3.05, 3.63) is 112 Å². The standard InChI is InChI=1S/C27H22FNO4S/c1-2-32-27(31)24-25(30)23(34-26(24)29-20-12-4-3-5-13-20)16-18-10-7-9-15-22(18)33-17-19-11-6-8-14-21(19)28/h3-16,30H,2,17H2,1H3/b23-16-,29-26?. The lowest BCUT2D eigenvalue weighted by atomic mass is 10.1. The molecule has 172 valence electrons. The third-order valence-electron chi connectivity index (χ3n) is 4.90. The first kappa shape index (κ1) is 23.3. The van der Waals surface area contributed by atoms with E-state index in [1.54, 1.807) is 49.4 Å². The lowest BCUT2D eigenvalue weighted by Gasteiger charge is -2.10. The van der Waals surface area contributed by atoms with Gasteiger partial charge < -0.3 is 14.6 Å². The fourth-order valence-electron chi connectivity index (χ4n) is 3.25. The quantitative estimate of drug-likeness (QED) is 0.390. The van der Waals surface area contributed by atoms with Crippen LogP contribution in [0.15, 0.2) is 100 Å². The number of hydrogen-bond acceptors (Lipinski definition) is 6. The maximum Gasteiger partial charge on any atom is 0.344 e. The number of aliphatic hydroxyl groups is 1. The Morgan fingerprint density at radius 3 is 2.50 bits per heavy atom. The number of para-hydroxylation sites is 2. The average Bonchev–Trinajstić information content (AvgIpc) is 3.14. The normalized spacial score (nSPS) is 15.7. The average molecular weight is 476 g/mol. The SMILES string of the molecule is CCOC(=O)C1=C(O)/C(=C/c2ccccc2OCc2ccccc2F)SC1=Nc1ccccc1. The molecule has 0 saturated carbocycles. The molecule has 0 atom stereocenters. The van der Waals surface area contributed by atoms with Crippen LogP contribution in [0.25, 0.3) is 6.08 Å². The number of carbonyl (C=O) groups is 1. The van der Waals surface area contributed by atoms with Crippen molar-refractivity contribution in [3.63, 3.8) is 0 Å². The molecular formula is C27H22FNO4S. The Morgan fingerprint density at radius 1 is 1.03 bits per heavy atom. The molecule has 3 aromatic rings. The Kier molecular flexibility index (Phi) is 7.44. The summed E-state index contributed by atoms with van der Waals surface area (Å²) in [5.74, 6) is -0.680. The highest BCUT2D eigenvalue weighted by Crippen LogP contribution is 2.41. The van der Waals surface area contributed by atoms with E-state index in [0.717, 1.165) is 0 Å². The third-order valence-corrected chi connectivity index (χ3v) is 5.92. The summed E-state index contributed by atoms with van der Waals surface area (Å²) in [4.78, 5) is 17.6. The zero-order valence-corrected chi connectivity index (χ0v) is 19.2. The monoisotopic (exact) mass is 475 g/mol. The second-order valence-corrected chi connectivity index (χ2v) is 8.26. The highest BCUT2D eigenvalue weighted by atomic mass is 32.2. The fourth-order valence-corrected chi connectivity index (χ4v) is 4.28. The summed E-state index contributed by atoms with van der Waals surface area (Å²) >= 11 is 1.17. The number of esters is 1. The second kappa shape index (κ2) is 10.9. The number of ether oxygens (including phenoxy) is 2. The Balaban J connectivity index is 1.67. The molecule has 0 saturated heterocycles. The molecule has 0 unspecified atom stereocenters. The maximum absolute atomic E-state index is 14.0. The van der Waals surface area contributed by atoms with Crippen LogP contribution in [-0.4, -0.2) is 22.7 Å². The molecule has 4 rings (SSSR count). The second-order valence-electron chi connectivity index (χ2n) is 7.23. The van der Waals surface area contributed by atoms with Gasteiger partial charge in [-0.3, -0.25) is 0 Å². The van der Waals surface area contributed by atoms with Crippen LogP contribution >= 0.6 is 11.8 Å². The Bertz CT molecular complexity index is 1280. The maximum atomic E-state index is 14.0. The largest absolute Gasteiger partial charge is 0.506 e. The van der Waals surface area contributed by atoms with Crippen molar-refractivity contribution in [2.24, 2.45) is 4.99 Å². The Morgan fingerprint density at radius 2 is 1.74 bits per heavy atom. The molecule has 5 nitrogen and oxygen atoms in total. The van der Waals surface area contributed by atoms with Gasteiger partial charge in [-0.1, -0.05) is 66.4 Å². The van der Waals surface area contributed by atoms with Gasteiger partial charge in [0, 0.05) is 11.1 Å². The van der Waals surface area contributed by atoms with Crippen LogP contribution in [0.3, 0.4) is 0 Å². The molecule has 0 amide bonds. The van der Waals surface area contributed by atoms with Gasteiger partial charge in [-0.05, 0) is 37.3 Å². The summed E-state index contributed by atoms with van der Waals surface area (Å²) in [5.41, 5.74) is 1.77. The van der Waals surface area contributed by atoms with E-state index in [9.17, 15) is 14.3 Å². The molecule has 3 aromatic carbocycles.